The third kappa shape index (κ3) is 1.45. The van der Waals surface area contributed by atoms with Crippen molar-refractivity contribution in [1.29, 1.82) is 5.26 Å². The summed E-state index contributed by atoms with van der Waals surface area (Å²) in [6.07, 6.45) is 9.31. The zero-order valence-electron chi connectivity index (χ0n) is 8.76. The van der Waals surface area contributed by atoms with Crippen LogP contribution in [0.3, 0.4) is 0 Å². The first-order valence-corrected chi connectivity index (χ1v) is 5.78. The van der Waals surface area contributed by atoms with Crippen LogP contribution in [0.15, 0.2) is 12.4 Å². The normalized spacial score (nSPS) is 33.1. The quantitative estimate of drug-likeness (QED) is 0.736. The number of fused-ring (bicyclic) bond motifs is 2. The fourth-order valence-electron chi connectivity index (χ4n) is 3.42. The van der Waals surface area contributed by atoms with Crippen LogP contribution in [-0.2, 0) is 6.54 Å². The first-order chi connectivity index (χ1) is 7.36. The van der Waals surface area contributed by atoms with Crippen LogP contribution in [-0.4, -0.2) is 9.55 Å². The van der Waals surface area contributed by atoms with Crippen molar-refractivity contribution in [2.75, 3.05) is 0 Å². The highest BCUT2D eigenvalue weighted by Gasteiger charge is 2.39. The second-order valence-electron chi connectivity index (χ2n) is 4.95. The van der Waals surface area contributed by atoms with Crippen LogP contribution in [0.4, 0.5) is 0 Å². The molecule has 3 rings (SSSR count). The average molecular weight is 201 g/mol. The number of nitrogens with zero attached hydrogens (tertiary/aromatic N) is 3. The van der Waals surface area contributed by atoms with Gasteiger partial charge in [0.15, 0.2) is 0 Å². The van der Waals surface area contributed by atoms with Crippen LogP contribution >= 0.6 is 0 Å². The molecule has 0 radical (unpaired) electrons. The molecule has 1 aromatic rings. The van der Waals surface area contributed by atoms with E-state index in [1.807, 2.05) is 10.8 Å². The summed E-state index contributed by atoms with van der Waals surface area (Å²) in [5.74, 6) is 3.26. The van der Waals surface area contributed by atoms with Crippen molar-refractivity contribution in [2.45, 2.75) is 32.2 Å². The zero-order chi connectivity index (χ0) is 10.3. The van der Waals surface area contributed by atoms with Gasteiger partial charge in [0.05, 0.1) is 0 Å². The van der Waals surface area contributed by atoms with Gasteiger partial charge in [-0.15, -0.1) is 0 Å². The minimum atomic E-state index is 0.567. The Morgan fingerprint density at radius 3 is 3.07 bits per heavy atom. The lowest BCUT2D eigenvalue weighted by Gasteiger charge is -2.21. The van der Waals surface area contributed by atoms with E-state index in [2.05, 4.69) is 11.1 Å². The molecule has 15 heavy (non-hydrogen) atoms. The Morgan fingerprint density at radius 2 is 2.40 bits per heavy atom. The van der Waals surface area contributed by atoms with E-state index in [0.29, 0.717) is 5.82 Å². The summed E-state index contributed by atoms with van der Waals surface area (Å²) in [6.45, 7) is 1.00. The van der Waals surface area contributed by atoms with Crippen LogP contribution in [0.5, 0.6) is 0 Å². The van der Waals surface area contributed by atoms with E-state index in [0.717, 1.165) is 24.3 Å². The first kappa shape index (κ1) is 8.96. The monoisotopic (exact) mass is 201 g/mol. The van der Waals surface area contributed by atoms with E-state index in [-0.39, 0.29) is 0 Å². The fraction of sp³-hybridized carbons (Fsp3) is 0.667. The van der Waals surface area contributed by atoms with Gasteiger partial charge in [0.2, 0.25) is 5.82 Å². The maximum atomic E-state index is 8.88. The smallest absolute Gasteiger partial charge is 0.212 e. The van der Waals surface area contributed by atoms with Crippen molar-refractivity contribution >= 4 is 0 Å². The standard InChI is InChI=1S/C12H15N3/c13-7-12-14-3-4-15(12)8-11-6-9-1-2-10(11)5-9/h3-4,9-11H,1-2,5-6,8H2. The topological polar surface area (TPSA) is 41.6 Å². The molecule has 3 unspecified atom stereocenters. The molecule has 0 aliphatic heterocycles. The fourth-order valence-corrected chi connectivity index (χ4v) is 3.42. The zero-order valence-corrected chi connectivity index (χ0v) is 8.76. The van der Waals surface area contributed by atoms with E-state index in [9.17, 15) is 0 Å². The molecule has 3 nitrogen and oxygen atoms in total. The maximum Gasteiger partial charge on any atom is 0.212 e. The Hall–Kier alpha value is -1.30. The first-order valence-electron chi connectivity index (χ1n) is 5.78. The number of rotatable bonds is 2. The Bertz CT molecular complexity index is 401. The van der Waals surface area contributed by atoms with Crippen molar-refractivity contribution in [2.24, 2.45) is 17.8 Å². The molecule has 78 valence electrons. The molecule has 0 spiro atoms. The summed E-state index contributed by atoms with van der Waals surface area (Å²) in [5, 5.41) is 8.88. The average Bonchev–Trinajstić information content (AvgIpc) is 2.92. The van der Waals surface area contributed by atoms with Gasteiger partial charge in [-0.05, 0) is 37.0 Å². The minimum Gasteiger partial charge on any atom is -0.322 e. The molecule has 0 N–H and O–H groups in total. The van der Waals surface area contributed by atoms with Gasteiger partial charge in [-0.1, -0.05) is 6.42 Å². The van der Waals surface area contributed by atoms with Crippen molar-refractivity contribution in [3.63, 3.8) is 0 Å². The van der Waals surface area contributed by atoms with Gasteiger partial charge >= 0.3 is 0 Å². The summed E-state index contributed by atoms with van der Waals surface area (Å²) in [5.41, 5.74) is 0. The molecule has 1 heterocycles. The summed E-state index contributed by atoms with van der Waals surface area (Å²) >= 11 is 0. The van der Waals surface area contributed by atoms with Crippen molar-refractivity contribution in [3.8, 4) is 6.07 Å². The Kier molecular flexibility index (Phi) is 2.02. The van der Waals surface area contributed by atoms with Crippen LogP contribution < -0.4 is 0 Å². The molecule has 3 heteroatoms. The van der Waals surface area contributed by atoms with E-state index < -0.39 is 0 Å². The summed E-state index contributed by atoms with van der Waals surface area (Å²) in [7, 11) is 0. The molecule has 3 atom stereocenters. The van der Waals surface area contributed by atoms with Crippen LogP contribution in [0.2, 0.25) is 0 Å². The van der Waals surface area contributed by atoms with Gasteiger partial charge in [-0.2, -0.15) is 5.26 Å². The van der Waals surface area contributed by atoms with Crippen molar-refractivity contribution in [3.05, 3.63) is 18.2 Å². The molecule has 2 saturated carbocycles. The van der Waals surface area contributed by atoms with Gasteiger partial charge in [-0.25, -0.2) is 4.98 Å². The number of aromatic nitrogens is 2. The number of hydrogen-bond donors (Lipinski definition) is 0. The second-order valence-corrected chi connectivity index (χ2v) is 4.95. The lowest BCUT2D eigenvalue weighted by molar-refractivity contribution is 0.295. The third-order valence-corrected chi connectivity index (χ3v) is 4.13. The van der Waals surface area contributed by atoms with Gasteiger partial charge < -0.3 is 4.57 Å². The number of hydrogen-bond acceptors (Lipinski definition) is 2. The molecule has 0 amide bonds. The number of nitriles is 1. The van der Waals surface area contributed by atoms with Crippen LogP contribution in [0.1, 0.15) is 31.5 Å². The molecule has 0 saturated heterocycles. The van der Waals surface area contributed by atoms with E-state index in [4.69, 9.17) is 5.26 Å². The highest BCUT2D eigenvalue weighted by molar-refractivity contribution is 5.11. The van der Waals surface area contributed by atoms with Crippen molar-refractivity contribution < 1.29 is 0 Å². The predicted molar refractivity (Wildman–Crippen MR) is 55.9 cm³/mol. The van der Waals surface area contributed by atoms with E-state index in [1.165, 1.54) is 25.7 Å². The Balaban J connectivity index is 1.74. The summed E-state index contributed by atoms with van der Waals surface area (Å²) < 4.78 is 2.02. The molecule has 2 aliphatic rings. The van der Waals surface area contributed by atoms with E-state index in [1.54, 1.807) is 6.20 Å². The molecular formula is C12H15N3. The molecule has 2 bridgehead atoms. The predicted octanol–water partition coefficient (Wildman–Crippen LogP) is 2.19. The largest absolute Gasteiger partial charge is 0.322 e. The van der Waals surface area contributed by atoms with Gasteiger partial charge in [0.25, 0.3) is 0 Å². The van der Waals surface area contributed by atoms with Gasteiger partial charge in [0.1, 0.15) is 6.07 Å². The second kappa shape index (κ2) is 3.37. The van der Waals surface area contributed by atoms with Gasteiger partial charge in [-0.3, -0.25) is 0 Å². The SMILES string of the molecule is N#Cc1nccn1CC1CC2CCC1C2. The molecule has 0 aromatic carbocycles. The summed E-state index contributed by atoms with van der Waals surface area (Å²) in [6, 6.07) is 2.15. The molecular weight excluding hydrogens is 186 g/mol. The maximum absolute atomic E-state index is 8.88. The molecule has 2 aliphatic carbocycles. The molecule has 1 aromatic heterocycles. The Labute approximate surface area is 89.7 Å². The highest BCUT2D eigenvalue weighted by Crippen LogP contribution is 2.48. The molecule has 2 fully saturated rings. The van der Waals surface area contributed by atoms with Crippen molar-refractivity contribution in [1.82, 2.24) is 9.55 Å². The van der Waals surface area contributed by atoms with Crippen LogP contribution in [0, 0.1) is 29.1 Å². The van der Waals surface area contributed by atoms with E-state index >= 15 is 0 Å². The third-order valence-electron chi connectivity index (χ3n) is 4.13. The Morgan fingerprint density at radius 1 is 1.47 bits per heavy atom. The lowest BCUT2D eigenvalue weighted by atomic mass is 9.89. The minimum absolute atomic E-state index is 0.567. The summed E-state index contributed by atoms with van der Waals surface area (Å²) in [4.78, 5) is 4.04. The lowest BCUT2D eigenvalue weighted by Crippen LogP contribution is -2.17. The highest BCUT2D eigenvalue weighted by atomic mass is 15.1. The van der Waals surface area contributed by atoms with Gasteiger partial charge in [0, 0.05) is 18.9 Å². The van der Waals surface area contributed by atoms with Crippen LogP contribution in [0.25, 0.3) is 0 Å². The number of imidazole rings is 1.